The predicted octanol–water partition coefficient (Wildman–Crippen LogP) is 2.28. The summed E-state index contributed by atoms with van der Waals surface area (Å²) in [6.07, 6.45) is 1.50. The Balaban J connectivity index is 2.13. The number of aromatic nitrogens is 1. The minimum Gasteiger partial charge on any atom is -0.619 e. The maximum absolute atomic E-state index is 13.1. The van der Waals surface area contributed by atoms with Crippen LogP contribution in [-0.2, 0) is 4.79 Å². The topological polar surface area (TPSA) is 76.3 Å². The molecule has 0 fully saturated rings. The van der Waals surface area contributed by atoms with Crippen molar-refractivity contribution < 1.29 is 19.0 Å². The van der Waals surface area contributed by atoms with Gasteiger partial charge in [-0.2, -0.15) is 4.73 Å². The molecule has 24 heavy (non-hydrogen) atoms. The van der Waals surface area contributed by atoms with Crippen molar-refractivity contribution in [1.29, 1.82) is 0 Å². The molecule has 0 saturated heterocycles. The third-order valence-corrected chi connectivity index (χ3v) is 3.86. The number of aliphatic hydroxyl groups excluding tert-OH is 1. The number of carbonyl (C=O) groups excluding carboxylic acids is 1. The van der Waals surface area contributed by atoms with E-state index >= 15 is 0 Å². The summed E-state index contributed by atoms with van der Waals surface area (Å²) < 4.78 is 13.8. The van der Waals surface area contributed by atoms with Crippen LogP contribution in [0.1, 0.15) is 11.7 Å². The first kappa shape index (κ1) is 18.4. The molecule has 0 unspecified atom stereocenters. The van der Waals surface area contributed by atoms with Gasteiger partial charge in [-0.3, -0.25) is 4.79 Å². The van der Waals surface area contributed by atoms with E-state index in [-0.39, 0.29) is 0 Å². The third-order valence-electron chi connectivity index (χ3n) is 3.46. The van der Waals surface area contributed by atoms with Crippen molar-refractivity contribution >= 4 is 29.1 Å². The molecule has 0 aliphatic carbocycles. The number of alkyl halides is 3. The van der Waals surface area contributed by atoms with E-state index in [1.54, 1.807) is 36.4 Å². The Morgan fingerprint density at radius 1 is 1.17 bits per heavy atom. The van der Waals surface area contributed by atoms with Crippen molar-refractivity contribution in [3.63, 3.8) is 0 Å². The number of nitrogens with one attached hydrogen (secondary N) is 1. The molecule has 2 rings (SSSR count). The maximum atomic E-state index is 13.1. The molecule has 0 radical (unpaired) electrons. The van der Waals surface area contributed by atoms with Crippen molar-refractivity contribution in [1.82, 2.24) is 5.32 Å². The van der Waals surface area contributed by atoms with Gasteiger partial charge >= 0.3 is 0 Å². The van der Waals surface area contributed by atoms with Crippen LogP contribution in [0.4, 0.5) is 4.39 Å². The highest BCUT2D eigenvalue weighted by Crippen LogP contribution is 2.23. The number of pyridine rings is 1. The first-order chi connectivity index (χ1) is 11.4. The van der Waals surface area contributed by atoms with Gasteiger partial charge in [0.25, 0.3) is 5.91 Å². The molecule has 2 atom stereocenters. The lowest BCUT2D eigenvalue weighted by Crippen LogP contribution is -2.43. The van der Waals surface area contributed by atoms with Crippen LogP contribution >= 0.6 is 23.2 Å². The molecule has 5 nitrogen and oxygen atoms in total. The third kappa shape index (κ3) is 4.56. The van der Waals surface area contributed by atoms with Crippen molar-refractivity contribution in [3.05, 3.63) is 59.6 Å². The fourth-order valence-corrected chi connectivity index (χ4v) is 2.28. The van der Waals surface area contributed by atoms with Gasteiger partial charge in [-0.1, -0.05) is 47.5 Å². The Labute approximate surface area is 148 Å². The Hall–Kier alpha value is -1.89. The zero-order valence-corrected chi connectivity index (χ0v) is 13.9. The summed E-state index contributed by atoms with van der Waals surface area (Å²) in [5.41, 5.74) is 2.08. The van der Waals surface area contributed by atoms with E-state index in [1.807, 2.05) is 0 Å². The van der Waals surface area contributed by atoms with E-state index in [0.29, 0.717) is 10.3 Å². The van der Waals surface area contributed by atoms with E-state index in [9.17, 15) is 19.5 Å². The number of amides is 1. The predicted molar refractivity (Wildman–Crippen MR) is 89.2 cm³/mol. The second-order valence-electron chi connectivity index (χ2n) is 5.08. The summed E-state index contributed by atoms with van der Waals surface area (Å²) in [6.45, 7) is -0.975. The summed E-state index contributed by atoms with van der Waals surface area (Å²) >= 11 is 10.8. The lowest BCUT2D eigenvalue weighted by atomic mass is 9.99. The molecule has 1 amide bonds. The van der Waals surface area contributed by atoms with Gasteiger partial charge in [0.05, 0.1) is 6.04 Å². The van der Waals surface area contributed by atoms with Gasteiger partial charge in [0, 0.05) is 12.1 Å². The molecule has 0 aliphatic rings. The van der Waals surface area contributed by atoms with Crippen LogP contribution in [0.5, 0.6) is 0 Å². The van der Waals surface area contributed by atoms with Crippen LogP contribution in [0.15, 0.2) is 48.8 Å². The van der Waals surface area contributed by atoms with Crippen molar-refractivity contribution in [2.45, 2.75) is 17.0 Å². The molecule has 1 aromatic heterocycles. The average Bonchev–Trinajstić information content (AvgIpc) is 2.59. The Morgan fingerprint density at radius 2 is 1.71 bits per heavy atom. The molecule has 0 bridgehead atoms. The number of carbonyl (C=O) groups is 1. The summed E-state index contributed by atoms with van der Waals surface area (Å²) in [5.74, 6) is -0.771. The maximum Gasteiger partial charge on any atom is 0.253 e. The highest BCUT2D eigenvalue weighted by atomic mass is 35.5. The van der Waals surface area contributed by atoms with E-state index in [4.69, 9.17) is 23.2 Å². The highest BCUT2D eigenvalue weighted by molar-refractivity contribution is 6.53. The molecule has 8 heteroatoms. The van der Waals surface area contributed by atoms with E-state index in [0.717, 1.165) is 11.1 Å². The van der Waals surface area contributed by atoms with Gasteiger partial charge < -0.3 is 15.6 Å². The van der Waals surface area contributed by atoms with Crippen LogP contribution in [0, 0.1) is 5.21 Å². The van der Waals surface area contributed by atoms with Crippen LogP contribution < -0.4 is 10.0 Å². The number of hydrogen-bond acceptors (Lipinski definition) is 3. The SMILES string of the molecule is O=C(N[C@H](CF)[C@H](O)c1ccc(-c2cc[n+]([O-])cc2)cc1)C(Cl)Cl. The first-order valence-corrected chi connectivity index (χ1v) is 7.91. The monoisotopic (exact) mass is 372 g/mol. The van der Waals surface area contributed by atoms with Gasteiger partial charge in [0.2, 0.25) is 0 Å². The molecule has 128 valence electrons. The fraction of sp³-hybridized carbons (Fsp3) is 0.250. The largest absolute Gasteiger partial charge is 0.619 e. The van der Waals surface area contributed by atoms with Crippen molar-refractivity contribution in [3.8, 4) is 11.1 Å². The molecule has 0 spiro atoms. The van der Waals surface area contributed by atoms with Crippen LogP contribution in [0.25, 0.3) is 11.1 Å². The summed E-state index contributed by atoms with van der Waals surface area (Å²) in [4.78, 5) is 10.1. The Bertz CT molecular complexity index is 681. The van der Waals surface area contributed by atoms with Crippen molar-refractivity contribution in [2.75, 3.05) is 6.67 Å². The molecular weight excluding hydrogens is 358 g/mol. The summed E-state index contributed by atoms with van der Waals surface area (Å²) in [6, 6.07) is 8.85. The average molecular weight is 373 g/mol. The lowest BCUT2D eigenvalue weighted by Gasteiger charge is -2.22. The molecule has 2 N–H and O–H groups in total. The quantitative estimate of drug-likeness (QED) is 0.464. The molecular formula is C16H15Cl2FN2O3. The first-order valence-electron chi connectivity index (χ1n) is 7.04. The van der Waals surface area contributed by atoms with Gasteiger partial charge in [0.15, 0.2) is 17.2 Å². The second kappa shape index (κ2) is 8.28. The molecule has 0 saturated carbocycles. The fourth-order valence-electron chi connectivity index (χ4n) is 2.16. The Kier molecular flexibility index (Phi) is 6.36. The van der Waals surface area contributed by atoms with Gasteiger partial charge in [0.1, 0.15) is 12.8 Å². The molecule has 0 aliphatic heterocycles. The van der Waals surface area contributed by atoms with E-state index in [1.165, 1.54) is 12.4 Å². The van der Waals surface area contributed by atoms with Gasteiger partial charge in [-0.05, 0) is 16.7 Å². The molecule has 1 heterocycles. The van der Waals surface area contributed by atoms with E-state index in [2.05, 4.69) is 5.32 Å². The molecule has 2 aromatic rings. The smallest absolute Gasteiger partial charge is 0.253 e. The zero-order chi connectivity index (χ0) is 17.7. The van der Waals surface area contributed by atoms with Gasteiger partial charge in [-0.15, -0.1) is 0 Å². The summed E-state index contributed by atoms with van der Waals surface area (Å²) in [7, 11) is 0. The lowest BCUT2D eigenvalue weighted by molar-refractivity contribution is -0.605. The second-order valence-corrected chi connectivity index (χ2v) is 6.18. The minimum atomic E-state index is -1.34. The van der Waals surface area contributed by atoms with Crippen molar-refractivity contribution in [2.24, 2.45) is 0 Å². The minimum absolute atomic E-state index is 0.428. The van der Waals surface area contributed by atoms with Crippen LogP contribution in [0.2, 0.25) is 0 Å². The van der Waals surface area contributed by atoms with Gasteiger partial charge in [-0.25, -0.2) is 4.39 Å². The normalized spacial score (nSPS) is 13.5. The number of hydrogen-bond donors (Lipinski definition) is 2. The number of halogens is 3. The van der Waals surface area contributed by atoms with Crippen LogP contribution in [-0.4, -0.2) is 28.6 Å². The number of rotatable bonds is 6. The number of nitrogens with zero attached hydrogens (tertiary/aromatic N) is 1. The standard InChI is InChI=1S/C16H15Cl2FN2O3/c17-15(18)16(23)20-13(9-19)14(22)12-3-1-10(2-4-12)11-5-7-21(24)8-6-11/h1-8,13-15,22H,9H2,(H,20,23)/t13-,14-/m1/s1. The number of benzene rings is 1. The summed E-state index contributed by atoms with van der Waals surface area (Å²) in [5, 5.41) is 23.5. The zero-order valence-electron chi connectivity index (χ0n) is 12.4. The Morgan fingerprint density at radius 3 is 2.21 bits per heavy atom. The van der Waals surface area contributed by atoms with E-state index < -0.39 is 29.6 Å². The van der Waals surface area contributed by atoms with Crippen LogP contribution in [0.3, 0.4) is 0 Å². The number of aliphatic hydroxyl groups is 1. The molecule has 1 aromatic carbocycles. The highest BCUT2D eigenvalue weighted by Gasteiger charge is 2.25.